The lowest BCUT2D eigenvalue weighted by Crippen LogP contribution is -2.46. The maximum Gasteiger partial charge on any atom is 0.408 e. The van der Waals surface area contributed by atoms with Crippen LogP contribution >= 0.6 is 11.6 Å². The number of carbonyl (C=O) groups excluding carboxylic acids is 3. The summed E-state index contributed by atoms with van der Waals surface area (Å²) in [5.41, 5.74) is -0.00291. The van der Waals surface area contributed by atoms with Gasteiger partial charge in [0.1, 0.15) is 18.2 Å². The summed E-state index contributed by atoms with van der Waals surface area (Å²) in [6.07, 6.45) is -6.01. The molecule has 0 saturated heterocycles. The molecule has 0 saturated carbocycles. The van der Waals surface area contributed by atoms with E-state index >= 15 is 0 Å². The fourth-order valence-corrected chi connectivity index (χ4v) is 2.61. The minimum absolute atomic E-state index is 0.0341. The number of esters is 1. The third-order valence-corrected chi connectivity index (χ3v) is 4.03. The van der Waals surface area contributed by atoms with Gasteiger partial charge in [0, 0.05) is 6.42 Å². The van der Waals surface area contributed by atoms with E-state index in [9.17, 15) is 27.6 Å². The predicted molar refractivity (Wildman–Crippen MR) is 113 cm³/mol. The molecule has 1 aromatic carbocycles. The summed E-state index contributed by atoms with van der Waals surface area (Å²) in [6.45, 7) is 8.28. The number of amides is 2. The lowest BCUT2D eigenvalue weighted by atomic mass is 10.1. The van der Waals surface area contributed by atoms with E-state index in [0.29, 0.717) is 5.56 Å². The highest BCUT2D eigenvalue weighted by atomic mass is 35.5. The lowest BCUT2D eigenvalue weighted by Gasteiger charge is -2.20. The molecule has 178 valence electrons. The second-order valence-corrected chi connectivity index (χ2v) is 8.20. The van der Waals surface area contributed by atoms with Crippen molar-refractivity contribution in [1.29, 1.82) is 0 Å². The molecule has 32 heavy (non-hydrogen) atoms. The van der Waals surface area contributed by atoms with E-state index < -0.39 is 42.2 Å². The Morgan fingerprint density at radius 3 is 2.44 bits per heavy atom. The zero-order valence-electron chi connectivity index (χ0n) is 18.0. The van der Waals surface area contributed by atoms with Gasteiger partial charge in [-0.25, -0.2) is 4.79 Å². The third-order valence-electron chi connectivity index (χ3n) is 3.70. The number of rotatable bonds is 9. The molecule has 0 aliphatic rings. The van der Waals surface area contributed by atoms with Crippen molar-refractivity contribution < 1.29 is 37.0 Å². The van der Waals surface area contributed by atoms with Crippen molar-refractivity contribution in [2.24, 2.45) is 0 Å². The minimum Gasteiger partial charge on any atom is -0.460 e. The highest BCUT2D eigenvalue weighted by Crippen LogP contribution is 2.26. The summed E-state index contributed by atoms with van der Waals surface area (Å²) >= 11 is 6.05. The summed E-state index contributed by atoms with van der Waals surface area (Å²) in [7, 11) is 0. The molecule has 1 rings (SSSR count). The number of halogens is 4. The number of carbonyl (C=O) groups is 3. The van der Waals surface area contributed by atoms with E-state index in [4.69, 9.17) is 16.3 Å². The van der Waals surface area contributed by atoms with Crippen LogP contribution in [0.4, 0.5) is 23.7 Å². The molecule has 0 fully saturated rings. The first-order valence-electron chi connectivity index (χ1n) is 9.62. The molecular formula is C21H26ClF3N2O5. The van der Waals surface area contributed by atoms with Gasteiger partial charge in [0.25, 0.3) is 0 Å². The van der Waals surface area contributed by atoms with Gasteiger partial charge in [0.2, 0.25) is 5.91 Å². The molecule has 0 bridgehead atoms. The molecule has 1 atom stereocenters. The second-order valence-electron chi connectivity index (χ2n) is 7.79. The highest BCUT2D eigenvalue weighted by Gasteiger charge is 2.36. The molecule has 1 aromatic rings. The molecule has 0 aromatic heterocycles. The van der Waals surface area contributed by atoms with Crippen LogP contribution in [0.15, 0.2) is 30.9 Å². The van der Waals surface area contributed by atoms with Crippen LogP contribution in [0.5, 0.6) is 0 Å². The smallest absolute Gasteiger partial charge is 0.408 e. The van der Waals surface area contributed by atoms with Crippen LogP contribution in [0.2, 0.25) is 5.02 Å². The Labute approximate surface area is 189 Å². The molecule has 0 heterocycles. The van der Waals surface area contributed by atoms with Gasteiger partial charge in [0.05, 0.1) is 17.1 Å². The molecule has 0 aliphatic heterocycles. The van der Waals surface area contributed by atoms with Gasteiger partial charge in [0.15, 0.2) is 0 Å². The quantitative estimate of drug-likeness (QED) is 0.393. The Balaban J connectivity index is 2.90. The molecule has 0 radical (unpaired) electrons. The number of benzene rings is 1. The van der Waals surface area contributed by atoms with E-state index in [1.165, 1.54) is 18.2 Å². The van der Waals surface area contributed by atoms with Crippen molar-refractivity contribution in [3.8, 4) is 0 Å². The van der Waals surface area contributed by atoms with Gasteiger partial charge in [-0.3, -0.25) is 9.59 Å². The normalized spacial score (nSPS) is 12.5. The molecule has 1 unspecified atom stereocenters. The van der Waals surface area contributed by atoms with Crippen molar-refractivity contribution in [2.45, 2.75) is 57.9 Å². The van der Waals surface area contributed by atoms with Gasteiger partial charge in [-0.15, -0.1) is 0 Å². The average Bonchev–Trinajstić information content (AvgIpc) is 2.64. The second kappa shape index (κ2) is 11.8. The Bertz CT molecular complexity index is 838. The number of anilines is 1. The van der Waals surface area contributed by atoms with Crippen LogP contribution in [0.25, 0.3) is 0 Å². The first kappa shape index (κ1) is 27.3. The Morgan fingerprint density at radius 1 is 1.22 bits per heavy atom. The van der Waals surface area contributed by atoms with Crippen LogP contribution in [0.3, 0.4) is 0 Å². The van der Waals surface area contributed by atoms with Gasteiger partial charge >= 0.3 is 18.2 Å². The largest absolute Gasteiger partial charge is 0.460 e. The van der Waals surface area contributed by atoms with E-state index in [1.54, 1.807) is 26.8 Å². The zero-order chi connectivity index (χ0) is 24.5. The topological polar surface area (TPSA) is 93.7 Å². The van der Waals surface area contributed by atoms with Gasteiger partial charge in [-0.05, 0) is 44.9 Å². The van der Waals surface area contributed by atoms with Crippen LogP contribution in [0, 0.1) is 0 Å². The van der Waals surface area contributed by atoms with Gasteiger partial charge < -0.3 is 20.1 Å². The fraction of sp³-hybridized carbons (Fsp3) is 0.476. The average molecular weight is 479 g/mol. The Morgan fingerprint density at radius 2 is 1.88 bits per heavy atom. The summed E-state index contributed by atoms with van der Waals surface area (Å²) in [5, 5.41) is 4.23. The summed E-state index contributed by atoms with van der Waals surface area (Å²) < 4.78 is 48.5. The number of ether oxygens (including phenoxy) is 2. The van der Waals surface area contributed by atoms with E-state index in [0.717, 1.165) is 0 Å². The number of alkyl halides is 3. The molecule has 11 heteroatoms. The Kier molecular flexibility index (Phi) is 10.0. The number of hydrogen-bond donors (Lipinski definition) is 2. The van der Waals surface area contributed by atoms with E-state index in [2.05, 4.69) is 16.6 Å². The van der Waals surface area contributed by atoms with Crippen molar-refractivity contribution in [3.63, 3.8) is 0 Å². The predicted octanol–water partition coefficient (Wildman–Crippen LogP) is 4.79. The first-order valence-corrected chi connectivity index (χ1v) is 10.00. The number of hydrogen-bond acceptors (Lipinski definition) is 5. The zero-order valence-corrected chi connectivity index (χ0v) is 18.7. The van der Waals surface area contributed by atoms with Crippen LogP contribution in [0.1, 0.15) is 39.2 Å². The standard InChI is InChI=1S/C21H26ClF3N2O5/c1-5-10-31-19(30)27-16(12-21(23,24)25)18(29)26-15-11-13(6-8-14(15)22)7-9-17(28)32-20(2,3)4/h5-6,8,11,16H,1,7,9-10,12H2,2-4H3,(H,26,29)(H,27,30). The van der Waals surface area contributed by atoms with Crippen molar-refractivity contribution in [2.75, 3.05) is 11.9 Å². The van der Waals surface area contributed by atoms with Crippen LogP contribution < -0.4 is 10.6 Å². The van der Waals surface area contributed by atoms with Crippen LogP contribution in [-0.4, -0.2) is 42.4 Å². The number of nitrogens with one attached hydrogen (secondary N) is 2. The van der Waals surface area contributed by atoms with Crippen molar-refractivity contribution >= 4 is 35.3 Å². The van der Waals surface area contributed by atoms with Crippen molar-refractivity contribution in [1.82, 2.24) is 5.32 Å². The molecule has 2 N–H and O–H groups in total. The number of alkyl carbamates (subject to hydrolysis) is 1. The molecule has 7 nitrogen and oxygen atoms in total. The van der Waals surface area contributed by atoms with Gasteiger partial charge in [-0.1, -0.05) is 30.3 Å². The monoisotopic (exact) mass is 478 g/mol. The van der Waals surface area contributed by atoms with E-state index in [-0.39, 0.29) is 30.2 Å². The summed E-state index contributed by atoms with van der Waals surface area (Å²) in [4.78, 5) is 36.0. The maximum absolute atomic E-state index is 12.9. The maximum atomic E-state index is 12.9. The van der Waals surface area contributed by atoms with Crippen molar-refractivity contribution in [3.05, 3.63) is 41.4 Å². The summed E-state index contributed by atoms with van der Waals surface area (Å²) in [5.74, 6) is -1.56. The molecular weight excluding hydrogens is 453 g/mol. The Hall–Kier alpha value is -2.75. The highest BCUT2D eigenvalue weighted by molar-refractivity contribution is 6.33. The third kappa shape index (κ3) is 11.0. The minimum atomic E-state index is -4.73. The van der Waals surface area contributed by atoms with E-state index in [1.807, 2.05) is 5.32 Å². The summed E-state index contributed by atoms with van der Waals surface area (Å²) in [6, 6.07) is 2.53. The fourth-order valence-electron chi connectivity index (χ4n) is 2.44. The van der Waals surface area contributed by atoms with Gasteiger partial charge in [-0.2, -0.15) is 13.2 Å². The molecule has 0 spiro atoms. The molecule has 2 amide bonds. The molecule has 0 aliphatic carbocycles. The first-order chi connectivity index (χ1) is 14.7. The lowest BCUT2D eigenvalue weighted by molar-refractivity contribution is -0.154. The SMILES string of the molecule is C=CCOC(=O)NC(CC(F)(F)F)C(=O)Nc1cc(CCC(=O)OC(C)(C)C)ccc1Cl. The number of aryl methyl sites for hydroxylation is 1. The van der Waals surface area contributed by atoms with Crippen LogP contribution in [-0.2, 0) is 25.5 Å².